The molecule has 0 aliphatic carbocycles. The van der Waals surface area contributed by atoms with Crippen LogP contribution < -0.4 is 21.3 Å². The number of amidine groups is 1. The Morgan fingerprint density at radius 1 is 1.03 bits per heavy atom. The maximum atomic E-state index is 12.8. The predicted octanol–water partition coefficient (Wildman–Crippen LogP) is 1.59. The Labute approximate surface area is 221 Å². The lowest BCUT2D eigenvalue weighted by atomic mass is 10.2. The number of aryl methyl sites for hydroxylation is 3. The molecule has 199 valence electrons. The van der Waals surface area contributed by atoms with Gasteiger partial charge in [0.25, 0.3) is 11.8 Å². The summed E-state index contributed by atoms with van der Waals surface area (Å²) in [6.45, 7) is 3.99. The number of nitrogens with zero attached hydrogens (tertiary/aromatic N) is 5. The van der Waals surface area contributed by atoms with Crippen LogP contribution in [0.25, 0.3) is 0 Å². The first-order chi connectivity index (χ1) is 18.2. The van der Waals surface area contributed by atoms with Gasteiger partial charge in [-0.15, -0.1) is 0 Å². The molecule has 0 unspecified atom stereocenters. The number of aldehydes is 1. The molecule has 1 radical (unpaired) electrons. The van der Waals surface area contributed by atoms with Crippen molar-refractivity contribution in [2.24, 2.45) is 26.2 Å². The molecule has 38 heavy (non-hydrogen) atoms. The van der Waals surface area contributed by atoms with Crippen LogP contribution in [0, 0.1) is 0 Å². The summed E-state index contributed by atoms with van der Waals surface area (Å²) in [5.41, 5.74) is 5.70. The van der Waals surface area contributed by atoms with Gasteiger partial charge in [-0.3, -0.25) is 14.4 Å². The molecule has 0 aliphatic rings. The van der Waals surface area contributed by atoms with Gasteiger partial charge >= 0.3 is 7.62 Å². The van der Waals surface area contributed by atoms with Crippen molar-refractivity contribution in [2.75, 3.05) is 36.6 Å². The van der Waals surface area contributed by atoms with Crippen molar-refractivity contribution in [3.05, 3.63) is 66.7 Å². The molecule has 3 heterocycles. The maximum absolute atomic E-state index is 12.8. The lowest BCUT2D eigenvalue weighted by Gasteiger charge is -2.17. The molecule has 0 spiro atoms. The second-order valence-electron chi connectivity index (χ2n) is 8.40. The summed E-state index contributed by atoms with van der Waals surface area (Å²) < 4.78 is 9.84. The zero-order chi connectivity index (χ0) is 27.8. The Bertz CT molecular complexity index is 1350. The SMILES string of the molecule is C=CN(C)/C(CNc1cc(C(=O)Nc2cc(C=O)n(C)c2)n(C)c1)=N\NC(=O)c1cc(N[B]OC)cn1C. The predicted molar refractivity (Wildman–Crippen MR) is 147 cm³/mol. The van der Waals surface area contributed by atoms with Gasteiger partial charge in [0.15, 0.2) is 6.29 Å². The third-order valence-corrected chi connectivity index (χ3v) is 5.66. The number of likely N-dealkylation sites (N-methyl/N-ethyl adjacent to an activating group) is 1. The zero-order valence-electron chi connectivity index (χ0n) is 22.0. The highest BCUT2D eigenvalue weighted by Gasteiger charge is 2.16. The number of nitrogens with one attached hydrogen (secondary N) is 4. The normalized spacial score (nSPS) is 11.0. The minimum Gasteiger partial charge on any atom is -0.422 e. The third kappa shape index (κ3) is 6.73. The quantitative estimate of drug-likeness (QED) is 0.0936. The highest BCUT2D eigenvalue weighted by atomic mass is 16.4. The molecule has 3 aromatic rings. The van der Waals surface area contributed by atoms with Gasteiger partial charge in [0.2, 0.25) is 0 Å². The van der Waals surface area contributed by atoms with E-state index in [1.54, 1.807) is 89.8 Å². The lowest BCUT2D eigenvalue weighted by molar-refractivity contribution is 0.0945. The van der Waals surface area contributed by atoms with Gasteiger partial charge < -0.3 is 39.1 Å². The fourth-order valence-corrected chi connectivity index (χ4v) is 3.55. The average Bonchev–Trinajstić information content (AvgIpc) is 3.57. The minimum absolute atomic E-state index is 0.234. The summed E-state index contributed by atoms with van der Waals surface area (Å²) in [5, 5.41) is 13.2. The zero-order valence-corrected chi connectivity index (χ0v) is 22.0. The van der Waals surface area contributed by atoms with E-state index in [1.807, 2.05) is 0 Å². The molecule has 3 aromatic heterocycles. The number of amides is 2. The number of hydrogen-bond acceptors (Lipinski definition) is 7. The van der Waals surface area contributed by atoms with Crippen molar-refractivity contribution in [2.45, 2.75) is 0 Å². The van der Waals surface area contributed by atoms with Crippen LogP contribution in [0.2, 0.25) is 0 Å². The Morgan fingerprint density at radius 2 is 1.66 bits per heavy atom. The van der Waals surface area contributed by atoms with Gasteiger partial charge in [-0.1, -0.05) is 6.58 Å². The smallest absolute Gasteiger partial charge is 0.422 e. The molecule has 2 amide bonds. The summed E-state index contributed by atoms with van der Waals surface area (Å²) in [6, 6.07) is 4.96. The average molecular weight is 520 g/mol. The Balaban J connectivity index is 1.66. The highest BCUT2D eigenvalue weighted by Crippen LogP contribution is 2.17. The number of rotatable bonds is 12. The van der Waals surface area contributed by atoms with Crippen LogP contribution >= 0.6 is 0 Å². The van der Waals surface area contributed by atoms with E-state index >= 15 is 0 Å². The van der Waals surface area contributed by atoms with E-state index in [0.717, 1.165) is 6.29 Å². The van der Waals surface area contributed by atoms with Gasteiger partial charge in [0.1, 0.15) is 17.2 Å². The van der Waals surface area contributed by atoms with E-state index in [1.165, 1.54) is 14.7 Å². The number of hydrazone groups is 1. The van der Waals surface area contributed by atoms with Crippen LogP contribution in [0.3, 0.4) is 0 Å². The van der Waals surface area contributed by atoms with E-state index < -0.39 is 5.91 Å². The van der Waals surface area contributed by atoms with E-state index in [9.17, 15) is 14.4 Å². The summed E-state index contributed by atoms with van der Waals surface area (Å²) in [6.07, 6.45) is 7.45. The molecule has 0 fully saturated rings. The first-order valence-electron chi connectivity index (χ1n) is 11.5. The third-order valence-electron chi connectivity index (χ3n) is 5.66. The van der Waals surface area contributed by atoms with Crippen LogP contribution in [-0.4, -0.2) is 70.9 Å². The van der Waals surface area contributed by atoms with Gasteiger partial charge in [-0.25, -0.2) is 5.43 Å². The highest BCUT2D eigenvalue weighted by molar-refractivity contribution is 6.32. The Kier molecular flexibility index (Phi) is 9.16. The van der Waals surface area contributed by atoms with Gasteiger partial charge in [0, 0.05) is 59.6 Å². The van der Waals surface area contributed by atoms with E-state index in [0.29, 0.717) is 40.0 Å². The number of anilines is 3. The largest absolute Gasteiger partial charge is 0.435 e. The standard InChI is InChI=1S/C24H31BN9O4/c1-7-31(2)22(29-30-24(37)21-10-18(14-34(21)5)28-25-38-6)11-26-16-9-20(33(4)12-16)23(36)27-17-8-19(15-35)32(3)13-17/h7-10,12-15,26,28H,1,11H2,2-6H3,(H,27,36)(H,30,37)/b29-22-. The second-order valence-corrected chi connectivity index (χ2v) is 8.40. The van der Waals surface area contributed by atoms with Crippen LogP contribution in [0.15, 0.2) is 54.7 Å². The van der Waals surface area contributed by atoms with Crippen LogP contribution in [0.1, 0.15) is 31.5 Å². The molecule has 0 saturated heterocycles. The summed E-state index contributed by atoms with van der Waals surface area (Å²) in [5.74, 6) is -0.244. The summed E-state index contributed by atoms with van der Waals surface area (Å²) in [7, 11) is 9.90. The molecule has 13 nitrogen and oxygen atoms in total. The monoisotopic (exact) mass is 520 g/mol. The van der Waals surface area contributed by atoms with E-state index in [2.05, 4.69) is 33.0 Å². The van der Waals surface area contributed by atoms with Crippen molar-refractivity contribution in [3.8, 4) is 0 Å². The maximum Gasteiger partial charge on any atom is 0.435 e. The Morgan fingerprint density at radius 3 is 2.29 bits per heavy atom. The van der Waals surface area contributed by atoms with E-state index in [4.69, 9.17) is 4.65 Å². The molecule has 0 aliphatic heterocycles. The van der Waals surface area contributed by atoms with Crippen LogP contribution in [0.4, 0.5) is 17.1 Å². The molecule has 0 bridgehead atoms. The molecule has 4 N–H and O–H groups in total. The van der Waals surface area contributed by atoms with Crippen molar-refractivity contribution in [3.63, 3.8) is 0 Å². The molecule has 0 saturated carbocycles. The molecule has 0 aromatic carbocycles. The molecule has 3 rings (SSSR count). The first kappa shape index (κ1) is 27.9. The number of carbonyl (C=O) groups is 3. The molecule has 0 atom stereocenters. The van der Waals surface area contributed by atoms with Crippen molar-refractivity contribution in [1.82, 2.24) is 24.0 Å². The lowest BCUT2D eigenvalue weighted by Crippen LogP contribution is -2.32. The Hall–Kier alpha value is -4.72. The van der Waals surface area contributed by atoms with Crippen molar-refractivity contribution >= 4 is 48.6 Å². The van der Waals surface area contributed by atoms with Gasteiger partial charge in [0.05, 0.1) is 23.6 Å². The summed E-state index contributed by atoms with van der Waals surface area (Å²) in [4.78, 5) is 38.2. The molecular formula is C24H31BN9O4. The topological polar surface area (TPSA) is 139 Å². The number of carbonyl (C=O) groups excluding carboxylic acids is 3. The number of hydrogen-bond donors (Lipinski definition) is 4. The minimum atomic E-state index is -0.398. The van der Waals surface area contributed by atoms with Crippen LogP contribution in [-0.2, 0) is 25.8 Å². The van der Waals surface area contributed by atoms with Crippen molar-refractivity contribution in [1.29, 1.82) is 0 Å². The molecular weight excluding hydrogens is 489 g/mol. The fourth-order valence-electron chi connectivity index (χ4n) is 3.55. The fraction of sp³-hybridized carbons (Fsp3) is 0.250. The van der Waals surface area contributed by atoms with Crippen LogP contribution in [0.5, 0.6) is 0 Å². The summed E-state index contributed by atoms with van der Waals surface area (Å²) >= 11 is 0. The van der Waals surface area contributed by atoms with Crippen molar-refractivity contribution < 1.29 is 19.0 Å². The van der Waals surface area contributed by atoms with Gasteiger partial charge in [-0.05, 0) is 24.4 Å². The van der Waals surface area contributed by atoms with Gasteiger partial charge in [-0.2, -0.15) is 5.10 Å². The second kappa shape index (κ2) is 12.5. The van der Waals surface area contributed by atoms with E-state index in [-0.39, 0.29) is 12.5 Å². The first-order valence-corrected chi connectivity index (χ1v) is 11.5. The number of aromatic nitrogens is 3. The molecule has 14 heteroatoms.